The molecular formula is C19H27N3O3. The zero-order valence-corrected chi connectivity index (χ0v) is 15.6. The molecule has 1 atom stereocenters. The maximum Gasteiger partial charge on any atom is 0.255 e. The Balaban J connectivity index is 2.31. The third-order valence-corrected chi connectivity index (χ3v) is 4.39. The van der Waals surface area contributed by atoms with Crippen molar-refractivity contribution < 1.29 is 14.6 Å². The molecule has 6 nitrogen and oxygen atoms in total. The summed E-state index contributed by atoms with van der Waals surface area (Å²) in [5, 5.41) is 16.6. The Hall–Kier alpha value is -2.18. The van der Waals surface area contributed by atoms with Crippen LogP contribution in [0.1, 0.15) is 40.5 Å². The molecule has 0 spiro atoms. The predicted octanol–water partition coefficient (Wildman–Crippen LogP) is 2.31. The van der Waals surface area contributed by atoms with Gasteiger partial charge in [-0.25, -0.2) is 4.68 Å². The van der Waals surface area contributed by atoms with Gasteiger partial charge in [-0.15, -0.1) is 0 Å². The second-order valence-corrected chi connectivity index (χ2v) is 6.77. The first-order chi connectivity index (χ1) is 11.8. The first kappa shape index (κ1) is 19.1. The van der Waals surface area contributed by atoms with Gasteiger partial charge in [-0.05, 0) is 51.3 Å². The Morgan fingerprint density at radius 2 is 2.08 bits per heavy atom. The van der Waals surface area contributed by atoms with Gasteiger partial charge in [0.1, 0.15) is 0 Å². The lowest BCUT2D eigenvalue weighted by molar-refractivity contribution is 0.0725. The van der Waals surface area contributed by atoms with Crippen molar-refractivity contribution in [3.05, 3.63) is 46.8 Å². The Morgan fingerprint density at radius 3 is 2.72 bits per heavy atom. The van der Waals surface area contributed by atoms with E-state index in [9.17, 15) is 9.90 Å². The third kappa shape index (κ3) is 4.27. The first-order valence-electron chi connectivity index (χ1n) is 8.36. The van der Waals surface area contributed by atoms with Crippen LogP contribution in [0.15, 0.2) is 24.4 Å². The second kappa shape index (κ2) is 7.80. The monoisotopic (exact) mass is 345 g/mol. The van der Waals surface area contributed by atoms with Gasteiger partial charge in [-0.1, -0.05) is 12.1 Å². The van der Waals surface area contributed by atoms with Crippen LogP contribution in [0.2, 0.25) is 0 Å². The van der Waals surface area contributed by atoms with E-state index in [-0.39, 0.29) is 12.5 Å². The number of aliphatic hydroxyl groups excluding tert-OH is 1. The Morgan fingerprint density at radius 1 is 1.36 bits per heavy atom. The van der Waals surface area contributed by atoms with Crippen molar-refractivity contribution in [3.63, 3.8) is 0 Å². The van der Waals surface area contributed by atoms with Gasteiger partial charge in [0.15, 0.2) is 0 Å². The van der Waals surface area contributed by atoms with Crippen LogP contribution < -0.4 is 5.32 Å². The average molecular weight is 345 g/mol. The van der Waals surface area contributed by atoms with Crippen LogP contribution in [0.3, 0.4) is 0 Å². The fourth-order valence-electron chi connectivity index (χ4n) is 2.90. The van der Waals surface area contributed by atoms with Gasteiger partial charge in [0.05, 0.1) is 35.3 Å². The second-order valence-electron chi connectivity index (χ2n) is 6.77. The molecule has 0 aliphatic rings. The Kier molecular flexibility index (Phi) is 5.98. The average Bonchev–Trinajstić information content (AvgIpc) is 2.91. The lowest BCUT2D eigenvalue weighted by atomic mass is 9.98. The molecule has 0 saturated carbocycles. The highest BCUT2D eigenvalue weighted by Crippen LogP contribution is 2.20. The quantitative estimate of drug-likeness (QED) is 0.807. The van der Waals surface area contributed by atoms with Gasteiger partial charge in [0.25, 0.3) is 5.91 Å². The summed E-state index contributed by atoms with van der Waals surface area (Å²) in [6, 6.07) is 6.15. The Labute approximate surface area is 148 Å². The lowest BCUT2D eigenvalue weighted by Gasteiger charge is -2.29. The standard InChI is InChI=1S/C19H27N3O3/c1-13-6-7-14(2)17(10-13)22-15(3)16(11-20-22)18(24)21-19(4,8-9-23)12-25-5/h6-7,10-11,23H,8-9,12H2,1-5H3,(H,21,24). The van der Waals surface area contributed by atoms with Crippen molar-refractivity contribution in [2.24, 2.45) is 0 Å². The number of nitrogens with one attached hydrogen (secondary N) is 1. The van der Waals surface area contributed by atoms with E-state index in [0.29, 0.717) is 18.6 Å². The molecule has 2 rings (SSSR count). The highest BCUT2D eigenvalue weighted by Gasteiger charge is 2.28. The molecule has 1 heterocycles. The molecule has 0 bridgehead atoms. The number of aromatic nitrogens is 2. The largest absolute Gasteiger partial charge is 0.396 e. The SMILES string of the molecule is COCC(C)(CCO)NC(=O)c1cnn(-c2cc(C)ccc2C)c1C. The first-order valence-corrected chi connectivity index (χ1v) is 8.36. The van der Waals surface area contributed by atoms with Crippen molar-refractivity contribution in [3.8, 4) is 5.69 Å². The highest BCUT2D eigenvalue weighted by atomic mass is 16.5. The molecule has 1 unspecified atom stereocenters. The molecule has 6 heteroatoms. The summed E-state index contributed by atoms with van der Waals surface area (Å²) in [5.41, 5.74) is 3.85. The van der Waals surface area contributed by atoms with Crippen LogP contribution in [0, 0.1) is 20.8 Å². The molecule has 1 aromatic carbocycles. The van der Waals surface area contributed by atoms with E-state index >= 15 is 0 Å². The van der Waals surface area contributed by atoms with E-state index in [1.54, 1.807) is 18.0 Å². The number of ether oxygens (including phenoxy) is 1. The molecule has 0 aliphatic carbocycles. The van der Waals surface area contributed by atoms with Crippen LogP contribution in [0.4, 0.5) is 0 Å². The number of rotatable bonds is 7. The van der Waals surface area contributed by atoms with Crippen molar-refractivity contribution in [2.45, 2.75) is 39.7 Å². The number of benzene rings is 1. The smallest absolute Gasteiger partial charge is 0.255 e. The third-order valence-electron chi connectivity index (χ3n) is 4.39. The Bertz CT molecular complexity index is 746. The van der Waals surface area contributed by atoms with Crippen LogP contribution in [-0.2, 0) is 4.74 Å². The molecule has 1 aromatic heterocycles. The minimum atomic E-state index is -0.631. The van der Waals surface area contributed by atoms with Gasteiger partial charge in [-0.3, -0.25) is 4.79 Å². The minimum Gasteiger partial charge on any atom is -0.396 e. The van der Waals surface area contributed by atoms with E-state index in [4.69, 9.17) is 4.74 Å². The maximum atomic E-state index is 12.7. The number of hydrogen-bond acceptors (Lipinski definition) is 4. The highest BCUT2D eigenvalue weighted by molar-refractivity contribution is 5.95. The number of nitrogens with zero attached hydrogens (tertiary/aromatic N) is 2. The van der Waals surface area contributed by atoms with Gasteiger partial charge in [0, 0.05) is 13.7 Å². The summed E-state index contributed by atoms with van der Waals surface area (Å²) in [6.45, 7) is 8.08. The van der Waals surface area contributed by atoms with Crippen LogP contribution in [-0.4, -0.2) is 46.7 Å². The lowest BCUT2D eigenvalue weighted by Crippen LogP contribution is -2.50. The summed E-state index contributed by atoms with van der Waals surface area (Å²) < 4.78 is 6.97. The van der Waals surface area contributed by atoms with Crippen molar-refractivity contribution in [2.75, 3.05) is 20.3 Å². The summed E-state index contributed by atoms with van der Waals surface area (Å²) in [7, 11) is 1.57. The fourth-order valence-corrected chi connectivity index (χ4v) is 2.90. The predicted molar refractivity (Wildman–Crippen MR) is 97.2 cm³/mol. The molecule has 1 amide bonds. The van der Waals surface area contributed by atoms with Gasteiger partial charge in [0.2, 0.25) is 0 Å². The molecule has 0 fully saturated rings. The number of hydrogen-bond donors (Lipinski definition) is 2. The van der Waals surface area contributed by atoms with E-state index in [0.717, 1.165) is 22.5 Å². The summed E-state index contributed by atoms with van der Waals surface area (Å²) in [5.74, 6) is -0.220. The molecule has 2 N–H and O–H groups in total. The molecule has 25 heavy (non-hydrogen) atoms. The van der Waals surface area contributed by atoms with Crippen LogP contribution >= 0.6 is 0 Å². The zero-order chi connectivity index (χ0) is 18.6. The normalized spacial score (nSPS) is 13.5. The summed E-state index contributed by atoms with van der Waals surface area (Å²) in [6.07, 6.45) is 2.00. The molecule has 136 valence electrons. The van der Waals surface area contributed by atoms with Crippen LogP contribution in [0.5, 0.6) is 0 Å². The molecule has 0 radical (unpaired) electrons. The fraction of sp³-hybridized carbons (Fsp3) is 0.474. The van der Waals surface area contributed by atoms with Crippen molar-refractivity contribution in [1.29, 1.82) is 0 Å². The molecule has 0 aliphatic heterocycles. The number of amides is 1. The van der Waals surface area contributed by atoms with Gasteiger partial charge in [-0.2, -0.15) is 5.10 Å². The van der Waals surface area contributed by atoms with E-state index in [1.807, 2.05) is 33.8 Å². The van der Waals surface area contributed by atoms with Gasteiger partial charge >= 0.3 is 0 Å². The van der Waals surface area contributed by atoms with Crippen LogP contribution in [0.25, 0.3) is 5.69 Å². The number of carbonyl (C=O) groups is 1. The van der Waals surface area contributed by atoms with Crippen molar-refractivity contribution in [1.82, 2.24) is 15.1 Å². The summed E-state index contributed by atoms with van der Waals surface area (Å²) in [4.78, 5) is 12.7. The molecular weight excluding hydrogens is 318 g/mol. The minimum absolute atomic E-state index is 0.0269. The zero-order valence-electron chi connectivity index (χ0n) is 15.6. The van der Waals surface area contributed by atoms with E-state index < -0.39 is 5.54 Å². The van der Waals surface area contributed by atoms with E-state index in [1.165, 1.54) is 0 Å². The number of carbonyl (C=O) groups excluding carboxylic acids is 1. The molecule has 2 aromatic rings. The topological polar surface area (TPSA) is 76.4 Å². The summed E-state index contributed by atoms with van der Waals surface area (Å²) >= 11 is 0. The van der Waals surface area contributed by atoms with E-state index in [2.05, 4.69) is 22.5 Å². The number of aryl methyl sites for hydroxylation is 2. The van der Waals surface area contributed by atoms with Crippen molar-refractivity contribution >= 4 is 5.91 Å². The maximum absolute atomic E-state index is 12.7. The number of aliphatic hydroxyl groups is 1. The van der Waals surface area contributed by atoms with Gasteiger partial charge < -0.3 is 15.2 Å². The number of methoxy groups -OCH3 is 1. The molecule has 0 saturated heterocycles.